The zero-order chi connectivity index (χ0) is 14.7. The van der Waals surface area contributed by atoms with Crippen molar-refractivity contribution in [2.45, 2.75) is 19.0 Å². The predicted octanol–water partition coefficient (Wildman–Crippen LogP) is 2.37. The lowest BCUT2D eigenvalue weighted by Crippen LogP contribution is -2.51. The highest BCUT2D eigenvalue weighted by molar-refractivity contribution is 7.98. The van der Waals surface area contributed by atoms with E-state index in [4.69, 9.17) is 0 Å². The van der Waals surface area contributed by atoms with Gasteiger partial charge in [0, 0.05) is 44.2 Å². The van der Waals surface area contributed by atoms with Gasteiger partial charge in [0.05, 0.1) is 5.75 Å². The summed E-state index contributed by atoms with van der Waals surface area (Å²) in [4.78, 5) is 16.7. The first-order valence-corrected chi connectivity index (χ1v) is 8.30. The summed E-state index contributed by atoms with van der Waals surface area (Å²) in [5.41, 5.74) is 1.33. The summed E-state index contributed by atoms with van der Waals surface area (Å²) in [5.74, 6) is 0.829. The molecule has 1 saturated heterocycles. The first kappa shape index (κ1) is 14.5. The van der Waals surface area contributed by atoms with Gasteiger partial charge in [-0.25, -0.2) is 0 Å². The van der Waals surface area contributed by atoms with E-state index in [9.17, 15) is 4.79 Å². The molecule has 112 valence electrons. The molecule has 1 amide bonds. The van der Waals surface area contributed by atoms with Crippen molar-refractivity contribution >= 4 is 17.9 Å². The third-order valence-corrected chi connectivity index (χ3v) is 4.89. The molecule has 0 saturated carbocycles. The predicted molar refractivity (Wildman–Crippen MR) is 84.1 cm³/mol. The molecule has 0 bridgehead atoms. The van der Waals surface area contributed by atoms with E-state index in [2.05, 4.69) is 45.7 Å². The number of benzene rings is 1. The Morgan fingerprint density at radius 2 is 1.95 bits per heavy atom. The Morgan fingerprint density at radius 1 is 1.24 bits per heavy atom. The van der Waals surface area contributed by atoms with E-state index in [-0.39, 0.29) is 11.9 Å². The van der Waals surface area contributed by atoms with E-state index in [1.165, 1.54) is 17.5 Å². The van der Waals surface area contributed by atoms with Gasteiger partial charge < -0.3 is 4.90 Å². The number of hydrogen-bond acceptors (Lipinski definition) is 5. The van der Waals surface area contributed by atoms with Gasteiger partial charge in [-0.05, 0) is 12.5 Å². The van der Waals surface area contributed by atoms with Gasteiger partial charge in [0.15, 0.2) is 6.04 Å². The first-order valence-electron chi connectivity index (χ1n) is 7.35. The van der Waals surface area contributed by atoms with Crippen LogP contribution in [0.2, 0.25) is 0 Å². The van der Waals surface area contributed by atoms with E-state index in [0.29, 0.717) is 11.8 Å². The fourth-order valence-corrected chi connectivity index (χ4v) is 3.43. The average molecular weight is 304 g/mol. The molecular weight excluding hydrogens is 284 g/mol. The second-order valence-electron chi connectivity index (χ2n) is 5.46. The second kappa shape index (κ2) is 6.58. The minimum absolute atomic E-state index is 0.135. The van der Waals surface area contributed by atoms with E-state index in [1.807, 2.05) is 11.0 Å². The minimum atomic E-state index is -0.256. The third-order valence-electron chi connectivity index (χ3n) is 4.22. The standard InChI is InChI=1S/C15H20N4OS/c1-12(13-5-3-2-4-6-13)18-7-9-19(10-8-18)15(20)14-11-21-17-16-14/h2-6,12,14H,7-11H2,1H3. The fourth-order valence-electron chi connectivity index (χ4n) is 2.83. The van der Waals surface area contributed by atoms with Crippen LogP contribution in [0.4, 0.5) is 0 Å². The largest absolute Gasteiger partial charge is 0.338 e. The molecule has 2 aliphatic rings. The summed E-state index contributed by atoms with van der Waals surface area (Å²) in [5, 5.41) is 4.00. The molecule has 1 fully saturated rings. The summed E-state index contributed by atoms with van der Waals surface area (Å²) in [6.45, 7) is 5.63. The third kappa shape index (κ3) is 3.27. The van der Waals surface area contributed by atoms with E-state index in [0.717, 1.165) is 26.2 Å². The number of nitrogens with zero attached hydrogens (tertiary/aromatic N) is 4. The molecule has 0 N–H and O–H groups in total. The van der Waals surface area contributed by atoms with Crippen LogP contribution in [0.3, 0.4) is 0 Å². The molecule has 5 nitrogen and oxygen atoms in total. The average Bonchev–Trinajstić information content (AvgIpc) is 3.09. The molecule has 0 aromatic heterocycles. The first-order chi connectivity index (χ1) is 10.3. The number of piperazine rings is 1. The van der Waals surface area contributed by atoms with Crippen molar-refractivity contribution < 1.29 is 4.79 Å². The topological polar surface area (TPSA) is 48.3 Å². The Kier molecular flexibility index (Phi) is 4.55. The SMILES string of the molecule is CC(c1ccccc1)N1CCN(C(=O)C2CSN=N2)CC1. The number of carbonyl (C=O) groups excluding carboxylic acids is 1. The zero-order valence-corrected chi connectivity index (χ0v) is 13.0. The molecule has 2 atom stereocenters. The number of rotatable bonds is 3. The van der Waals surface area contributed by atoms with Gasteiger partial charge in [-0.3, -0.25) is 9.69 Å². The van der Waals surface area contributed by atoms with Gasteiger partial charge in [-0.2, -0.15) is 5.11 Å². The maximum atomic E-state index is 12.3. The van der Waals surface area contributed by atoms with Gasteiger partial charge in [0.1, 0.15) is 0 Å². The van der Waals surface area contributed by atoms with Crippen LogP contribution in [0.5, 0.6) is 0 Å². The van der Waals surface area contributed by atoms with Gasteiger partial charge in [-0.15, -0.1) is 4.52 Å². The summed E-state index contributed by atoms with van der Waals surface area (Å²) in [7, 11) is 0. The Bertz CT molecular complexity index is 514. The Labute approximate surface area is 129 Å². The molecule has 0 aliphatic carbocycles. The van der Waals surface area contributed by atoms with E-state index in [1.54, 1.807) is 0 Å². The van der Waals surface area contributed by atoms with Crippen molar-refractivity contribution in [3.63, 3.8) is 0 Å². The fraction of sp³-hybridized carbons (Fsp3) is 0.533. The highest BCUT2D eigenvalue weighted by Crippen LogP contribution is 2.23. The lowest BCUT2D eigenvalue weighted by molar-refractivity contribution is -0.134. The van der Waals surface area contributed by atoms with Crippen molar-refractivity contribution in [3.05, 3.63) is 35.9 Å². The summed E-state index contributed by atoms with van der Waals surface area (Å²) in [6.07, 6.45) is 0. The van der Waals surface area contributed by atoms with Crippen LogP contribution in [0.25, 0.3) is 0 Å². The monoisotopic (exact) mass is 304 g/mol. The number of carbonyl (C=O) groups is 1. The summed E-state index contributed by atoms with van der Waals surface area (Å²) >= 11 is 1.38. The Hall–Kier alpha value is -1.40. The summed E-state index contributed by atoms with van der Waals surface area (Å²) < 4.78 is 3.85. The van der Waals surface area contributed by atoms with Gasteiger partial charge >= 0.3 is 0 Å². The smallest absolute Gasteiger partial charge is 0.250 e. The lowest BCUT2D eigenvalue weighted by atomic mass is 10.1. The van der Waals surface area contributed by atoms with Crippen molar-refractivity contribution in [1.29, 1.82) is 0 Å². The molecule has 2 aliphatic heterocycles. The zero-order valence-electron chi connectivity index (χ0n) is 12.2. The number of hydrogen-bond donors (Lipinski definition) is 0. The van der Waals surface area contributed by atoms with Crippen LogP contribution in [-0.2, 0) is 4.79 Å². The van der Waals surface area contributed by atoms with E-state index < -0.39 is 0 Å². The van der Waals surface area contributed by atoms with Crippen LogP contribution in [-0.4, -0.2) is 53.7 Å². The van der Waals surface area contributed by atoms with Crippen LogP contribution in [0, 0.1) is 0 Å². The molecule has 0 radical (unpaired) electrons. The van der Waals surface area contributed by atoms with Crippen molar-refractivity contribution in [3.8, 4) is 0 Å². The van der Waals surface area contributed by atoms with Crippen molar-refractivity contribution in [2.75, 3.05) is 31.9 Å². The molecule has 2 unspecified atom stereocenters. The molecule has 1 aromatic carbocycles. The molecule has 2 heterocycles. The van der Waals surface area contributed by atoms with Gasteiger partial charge in [-0.1, -0.05) is 30.3 Å². The molecule has 3 rings (SSSR count). The van der Waals surface area contributed by atoms with Crippen molar-refractivity contribution in [2.24, 2.45) is 9.63 Å². The number of amides is 1. The Balaban J connectivity index is 1.55. The Morgan fingerprint density at radius 3 is 2.57 bits per heavy atom. The normalized spacial score (nSPS) is 24.2. The molecule has 21 heavy (non-hydrogen) atoms. The van der Waals surface area contributed by atoms with E-state index >= 15 is 0 Å². The van der Waals surface area contributed by atoms with Crippen LogP contribution < -0.4 is 0 Å². The quantitative estimate of drug-likeness (QED) is 0.806. The summed E-state index contributed by atoms with van der Waals surface area (Å²) in [6, 6.07) is 10.7. The lowest BCUT2D eigenvalue weighted by Gasteiger charge is -2.38. The van der Waals surface area contributed by atoms with Crippen molar-refractivity contribution in [1.82, 2.24) is 9.80 Å². The van der Waals surface area contributed by atoms with Gasteiger partial charge in [0.25, 0.3) is 0 Å². The molecule has 0 spiro atoms. The molecule has 1 aromatic rings. The molecule has 6 heteroatoms. The van der Waals surface area contributed by atoms with Crippen LogP contribution >= 0.6 is 11.9 Å². The maximum absolute atomic E-state index is 12.3. The van der Waals surface area contributed by atoms with Gasteiger partial charge in [0.2, 0.25) is 5.91 Å². The second-order valence-corrected chi connectivity index (χ2v) is 6.21. The van der Waals surface area contributed by atoms with Crippen LogP contribution in [0.1, 0.15) is 18.5 Å². The minimum Gasteiger partial charge on any atom is -0.338 e. The highest BCUT2D eigenvalue weighted by Gasteiger charge is 2.30. The molecular formula is C15H20N4OS. The van der Waals surface area contributed by atoms with Crippen LogP contribution in [0.15, 0.2) is 40.0 Å². The maximum Gasteiger partial charge on any atom is 0.250 e. The highest BCUT2D eigenvalue weighted by atomic mass is 32.2.